The summed E-state index contributed by atoms with van der Waals surface area (Å²) in [5.74, 6) is -0.317. The Kier molecular flexibility index (Phi) is 4.29. The molecule has 0 aromatic carbocycles. The second kappa shape index (κ2) is 6.53. The molecule has 0 aliphatic rings. The zero-order valence-electron chi connectivity index (χ0n) is 12.3. The van der Waals surface area contributed by atoms with Crippen molar-refractivity contribution in [3.8, 4) is 5.13 Å². The van der Waals surface area contributed by atoms with Crippen LogP contribution >= 0.6 is 11.3 Å². The van der Waals surface area contributed by atoms with E-state index in [4.69, 9.17) is 0 Å². The van der Waals surface area contributed by atoms with Crippen molar-refractivity contribution in [2.24, 2.45) is 7.05 Å². The minimum Gasteiger partial charge on any atom is -0.350 e. The van der Waals surface area contributed by atoms with Crippen LogP contribution in [0.3, 0.4) is 0 Å². The van der Waals surface area contributed by atoms with Gasteiger partial charge in [-0.15, -0.1) is 11.3 Å². The van der Waals surface area contributed by atoms with E-state index in [2.05, 4.69) is 20.5 Å². The minimum atomic E-state index is -0.317. The molecule has 0 unspecified atom stereocenters. The van der Waals surface area contributed by atoms with Gasteiger partial charge in [-0.1, -0.05) is 0 Å². The summed E-state index contributed by atoms with van der Waals surface area (Å²) in [6, 6.07) is 4.57. The molecular formula is C14H14N6O2S. The lowest BCUT2D eigenvalue weighted by atomic mass is 10.3. The predicted octanol–water partition coefficient (Wildman–Crippen LogP) is 0.395. The van der Waals surface area contributed by atoms with Gasteiger partial charge in [0, 0.05) is 43.9 Å². The van der Waals surface area contributed by atoms with E-state index in [1.165, 1.54) is 30.5 Å². The Morgan fingerprint density at radius 2 is 2.26 bits per heavy atom. The number of hydrogen-bond acceptors (Lipinski definition) is 6. The van der Waals surface area contributed by atoms with E-state index in [1.54, 1.807) is 10.9 Å². The molecule has 3 rings (SSSR count). The summed E-state index contributed by atoms with van der Waals surface area (Å²) in [6.45, 7) is 0.436. The lowest BCUT2D eigenvalue weighted by Gasteiger charge is -2.04. The minimum absolute atomic E-state index is 0.211. The van der Waals surface area contributed by atoms with Gasteiger partial charge in [-0.2, -0.15) is 10.2 Å². The molecule has 0 aliphatic carbocycles. The molecule has 0 atom stereocenters. The molecule has 3 aromatic heterocycles. The third-order valence-corrected chi connectivity index (χ3v) is 3.98. The average molecular weight is 330 g/mol. The molecule has 0 aliphatic heterocycles. The van der Waals surface area contributed by atoms with Gasteiger partial charge >= 0.3 is 0 Å². The quantitative estimate of drug-likeness (QED) is 0.730. The van der Waals surface area contributed by atoms with Crippen LogP contribution in [0, 0.1) is 0 Å². The molecule has 0 bridgehead atoms. The van der Waals surface area contributed by atoms with E-state index in [0.717, 1.165) is 15.5 Å². The molecule has 0 fully saturated rings. The highest BCUT2D eigenvalue weighted by atomic mass is 32.1. The van der Waals surface area contributed by atoms with Crippen molar-refractivity contribution < 1.29 is 4.79 Å². The summed E-state index contributed by atoms with van der Waals surface area (Å²) in [7, 11) is 1.51. The number of carbonyl (C=O) groups is 1. The molecule has 0 saturated carbocycles. The molecule has 1 N–H and O–H groups in total. The summed E-state index contributed by atoms with van der Waals surface area (Å²) in [4.78, 5) is 27.7. The molecule has 0 radical (unpaired) electrons. The van der Waals surface area contributed by atoms with Gasteiger partial charge in [0.2, 0.25) is 5.13 Å². The van der Waals surface area contributed by atoms with Crippen LogP contribution in [0.1, 0.15) is 16.2 Å². The van der Waals surface area contributed by atoms with Crippen LogP contribution in [0.2, 0.25) is 0 Å². The van der Waals surface area contributed by atoms with Crippen LogP contribution in [-0.4, -0.2) is 37.0 Å². The summed E-state index contributed by atoms with van der Waals surface area (Å²) < 4.78 is 2.83. The highest BCUT2D eigenvalue weighted by Gasteiger charge is 2.09. The zero-order chi connectivity index (χ0) is 16.2. The van der Waals surface area contributed by atoms with Gasteiger partial charge in [0.05, 0.1) is 5.69 Å². The van der Waals surface area contributed by atoms with Crippen molar-refractivity contribution in [1.82, 2.24) is 29.9 Å². The van der Waals surface area contributed by atoms with Gasteiger partial charge < -0.3 is 5.32 Å². The number of thiazole rings is 1. The Balaban J connectivity index is 1.56. The Labute approximate surface area is 135 Å². The van der Waals surface area contributed by atoms with Crippen LogP contribution in [0.4, 0.5) is 0 Å². The first-order chi connectivity index (χ1) is 11.1. The fourth-order valence-corrected chi connectivity index (χ4v) is 2.71. The van der Waals surface area contributed by atoms with Gasteiger partial charge in [0.25, 0.3) is 11.5 Å². The molecular weight excluding hydrogens is 316 g/mol. The Bertz CT molecular complexity index is 868. The van der Waals surface area contributed by atoms with Crippen molar-refractivity contribution in [3.63, 3.8) is 0 Å². The van der Waals surface area contributed by atoms with E-state index in [9.17, 15) is 9.59 Å². The number of amides is 1. The maximum atomic E-state index is 12.0. The predicted molar refractivity (Wildman–Crippen MR) is 84.8 cm³/mol. The highest BCUT2D eigenvalue weighted by molar-refractivity contribution is 7.12. The summed E-state index contributed by atoms with van der Waals surface area (Å²) in [5, 5.41) is 13.5. The number of carbonyl (C=O) groups excluding carboxylic acids is 1. The molecule has 8 nitrogen and oxygen atoms in total. The van der Waals surface area contributed by atoms with E-state index >= 15 is 0 Å². The van der Waals surface area contributed by atoms with Crippen molar-refractivity contribution in [2.75, 3.05) is 6.54 Å². The van der Waals surface area contributed by atoms with E-state index in [1.807, 2.05) is 17.6 Å². The average Bonchev–Trinajstić information content (AvgIpc) is 3.20. The van der Waals surface area contributed by atoms with E-state index < -0.39 is 0 Å². The van der Waals surface area contributed by atoms with Gasteiger partial charge in [-0.3, -0.25) is 9.59 Å². The lowest BCUT2D eigenvalue weighted by molar-refractivity contribution is 0.0947. The molecule has 1 amide bonds. The van der Waals surface area contributed by atoms with Gasteiger partial charge in [0.1, 0.15) is 5.69 Å². The molecule has 3 aromatic rings. The Morgan fingerprint density at radius 3 is 3.00 bits per heavy atom. The zero-order valence-corrected chi connectivity index (χ0v) is 13.2. The monoisotopic (exact) mass is 330 g/mol. The van der Waals surface area contributed by atoms with Gasteiger partial charge in [0.15, 0.2) is 0 Å². The maximum Gasteiger partial charge on any atom is 0.271 e. The Morgan fingerprint density at radius 1 is 1.39 bits per heavy atom. The first kappa shape index (κ1) is 15.1. The van der Waals surface area contributed by atoms with Crippen LogP contribution in [0.5, 0.6) is 0 Å². The van der Waals surface area contributed by atoms with Crippen molar-refractivity contribution in [1.29, 1.82) is 0 Å². The number of rotatable bonds is 5. The van der Waals surface area contributed by atoms with Crippen molar-refractivity contribution >= 4 is 17.2 Å². The third kappa shape index (κ3) is 3.51. The van der Waals surface area contributed by atoms with Gasteiger partial charge in [-0.05, 0) is 12.1 Å². The summed E-state index contributed by atoms with van der Waals surface area (Å²) in [5.41, 5.74) is 0.840. The number of nitrogens with one attached hydrogen (secondary N) is 1. The van der Waals surface area contributed by atoms with E-state index in [-0.39, 0.29) is 17.2 Å². The van der Waals surface area contributed by atoms with Crippen LogP contribution in [0.15, 0.2) is 40.8 Å². The number of aryl methyl sites for hydroxylation is 1. The molecule has 23 heavy (non-hydrogen) atoms. The molecule has 118 valence electrons. The molecule has 3 heterocycles. The lowest BCUT2D eigenvalue weighted by Crippen LogP contribution is -2.29. The second-order valence-corrected chi connectivity index (χ2v) is 5.59. The molecule has 0 saturated heterocycles. The van der Waals surface area contributed by atoms with Crippen molar-refractivity contribution in [3.05, 3.63) is 57.7 Å². The van der Waals surface area contributed by atoms with Crippen LogP contribution < -0.4 is 10.9 Å². The standard InChI is InChI=1S/C14H14N6O2S/c1-19-12(21)4-3-11(18-19)13(22)15-7-5-10-9-23-14(17-10)20-8-2-6-16-20/h2-4,6,8-9H,5,7H2,1H3,(H,15,22). The van der Waals surface area contributed by atoms with Gasteiger partial charge in [-0.25, -0.2) is 14.3 Å². The SMILES string of the molecule is Cn1nc(C(=O)NCCc2csc(-n3cccn3)n2)ccc1=O. The van der Waals surface area contributed by atoms with E-state index in [0.29, 0.717) is 13.0 Å². The normalized spacial score (nSPS) is 10.7. The van der Waals surface area contributed by atoms with Crippen molar-refractivity contribution in [2.45, 2.75) is 6.42 Å². The second-order valence-electron chi connectivity index (χ2n) is 4.76. The first-order valence-corrected chi connectivity index (χ1v) is 7.78. The maximum absolute atomic E-state index is 12.0. The van der Waals surface area contributed by atoms with Crippen LogP contribution in [0.25, 0.3) is 5.13 Å². The summed E-state index contributed by atoms with van der Waals surface area (Å²) >= 11 is 1.49. The summed E-state index contributed by atoms with van der Waals surface area (Å²) in [6.07, 6.45) is 4.13. The topological polar surface area (TPSA) is 94.7 Å². The molecule has 0 spiro atoms. The fraction of sp³-hybridized carbons (Fsp3) is 0.214. The largest absolute Gasteiger partial charge is 0.350 e. The third-order valence-electron chi connectivity index (χ3n) is 3.10. The first-order valence-electron chi connectivity index (χ1n) is 6.90. The van der Waals surface area contributed by atoms with Crippen LogP contribution in [-0.2, 0) is 13.5 Å². The Hall–Kier alpha value is -2.81. The fourth-order valence-electron chi connectivity index (χ4n) is 1.92. The highest BCUT2D eigenvalue weighted by Crippen LogP contribution is 2.13. The molecule has 9 heteroatoms. The smallest absolute Gasteiger partial charge is 0.271 e. The number of hydrogen-bond donors (Lipinski definition) is 1. The number of aromatic nitrogens is 5. The number of nitrogens with zero attached hydrogens (tertiary/aromatic N) is 5.